The molecule has 2 atom stereocenters. The fraction of sp³-hybridized carbons (Fsp3) is 0.375. The molecule has 1 fully saturated rings. The number of hydrogen-bond acceptors (Lipinski definition) is 5. The van der Waals surface area contributed by atoms with Gasteiger partial charge in [-0.2, -0.15) is 0 Å². The van der Waals surface area contributed by atoms with Crippen molar-refractivity contribution in [3.05, 3.63) is 59.8 Å². The molecule has 0 aliphatic carbocycles. The van der Waals surface area contributed by atoms with Crippen LogP contribution in [0.25, 0.3) is 10.9 Å². The van der Waals surface area contributed by atoms with Gasteiger partial charge in [0.25, 0.3) is 0 Å². The number of nitrogens with zero attached hydrogens (tertiary/aromatic N) is 1. The molecule has 31 heavy (non-hydrogen) atoms. The predicted octanol–water partition coefficient (Wildman–Crippen LogP) is 3.29. The minimum Gasteiger partial charge on any atom is -0.497 e. The molecule has 0 saturated carbocycles. The lowest BCUT2D eigenvalue weighted by atomic mass is 10.1. The van der Waals surface area contributed by atoms with Crippen LogP contribution in [0.4, 0.5) is 0 Å². The van der Waals surface area contributed by atoms with Gasteiger partial charge in [-0.05, 0) is 49.2 Å². The van der Waals surface area contributed by atoms with Crippen molar-refractivity contribution in [2.24, 2.45) is 0 Å². The highest BCUT2D eigenvalue weighted by atomic mass is 16.5. The second-order valence-electron chi connectivity index (χ2n) is 7.78. The first kappa shape index (κ1) is 21.2. The van der Waals surface area contributed by atoms with Crippen LogP contribution in [-0.2, 0) is 17.8 Å². The van der Waals surface area contributed by atoms with Crippen LogP contribution >= 0.6 is 0 Å². The average Bonchev–Trinajstić information content (AvgIpc) is 3.41. The molecule has 1 saturated heterocycles. The van der Waals surface area contributed by atoms with Crippen molar-refractivity contribution in [2.75, 3.05) is 14.2 Å². The summed E-state index contributed by atoms with van der Waals surface area (Å²) in [6.45, 7) is 3.01. The van der Waals surface area contributed by atoms with Crippen LogP contribution in [0.15, 0.2) is 48.5 Å². The number of nitrogens with one attached hydrogen (secondary N) is 3. The first-order chi connectivity index (χ1) is 15.1. The lowest BCUT2D eigenvalue weighted by Crippen LogP contribution is -2.44. The Morgan fingerprint density at radius 3 is 2.52 bits per heavy atom. The van der Waals surface area contributed by atoms with E-state index in [-0.39, 0.29) is 18.1 Å². The van der Waals surface area contributed by atoms with E-state index >= 15 is 0 Å². The smallest absolute Gasteiger partial charge is 0.221 e. The summed E-state index contributed by atoms with van der Waals surface area (Å²) in [5.74, 6) is 1.71. The van der Waals surface area contributed by atoms with Gasteiger partial charge in [0.15, 0.2) is 0 Å². The van der Waals surface area contributed by atoms with Crippen molar-refractivity contribution in [2.45, 2.75) is 44.9 Å². The molecular weight excluding hydrogens is 392 g/mol. The minimum atomic E-state index is -0.105. The summed E-state index contributed by atoms with van der Waals surface area (Å²) in [5, 5.41) is 4.28. The third-order valence-corrected chi connectivity index (χ3v) is 5.85. The largest absolute Gasteiger partial charge is 0.497 e. The van der Waals surface area contributed by atoms with E-state index < -0.39 is 0 Å². The van der Waals surface area contributed by atoms with Gasteiger partial charge in [0, 0.05) is 36.5 Å². The Balaban J connectivity index is 1.36. The second kappa shape index (κ2) is 9.41. The first-order valence-corrected chi connectivity index (χ1v) is 10.7. The van der Waals surface area contributed by atoms with Crippen LogP contribution in [-0.4, -0.2) is 30.9 Å². The molecule has 0 spiro atoms. The zero-order valence-corrected chi connectivity index (χ0v) is 18.3. The minimum absolute atomic E-state index is 0.0385. The fourth-order valence-corrected chi connectivity index (χ4v) is 4.19. The standard InChI is InChI=1S/C24H30N4O3/c1-4-28-21-14-19(31-3)11-8-17(21)13-22(28)20-15-23(27-26-20)25-24(29)12-7-16-5-9-18(30-2)10-6-16/h5-6,8-11,13-14,20,23,26-27H,4,7,12,15H2,1-3H3,(H,25,29). The number of fused-ring (bicyclic) bond motifs is 1. The van der Waals surface area contributed by atoms with Gasteiger partial charge in [0.1, 0.15) is 11.5 Å². The van der Waals surface area contributed by atoms with E-state index in [0.717, 1.165) is 35.5 Å². The van der Waals surface area contributed by atoms with Gasteiger partial charge in [0.05, 0.1) is 31.9 Å². The molecule has 1 aromatic heterocycles. The summed E-state index contributed by atoms with van der Waals surface area (Å²) in [6, 6.07) is 16.3. The molecule has 7 heteroatoms. The highest BCUT2D eigenvalue weighted by Crippen LogP contribution is 2.30. The molecule has 0 bridgehead atoms. The topological polar surface area (TPSA) is 76.6 Å². The van der Waals surface area contributed by atoms with Crippen molar-refractivity contribution < 1.29 is 14.3 Å². The summed E-state index contributed by atoms with van der Waals surface area (Å²) in [7, 11) is 3.33. The monoisotopic (exact) mass is 422 g/mol. The van der Waals surface area contributed by atoms with Gasteiger partial charge in [-0.25, -0.2) is 10.9 Å². The number of benzene rings is 2. The molecule has 2 aromatic carbocycles. The third-order valence-electron chi connectivity index (χ3n) is 5.85. The van der Waals surface area contributed by atoms with E-state index in [1.54, 1.807) is 14.2 Å². The number of rotatable bonds is 8. The molecule has 1 aliphatic heterocycles. The molecule has 1 amide bonds. The van der Waals surface area contributed by atoms with E-state index in [9.17, 15) is 4.79 Å². The average molecular weight is 423 g/mol. The Hall–Kier alpha value is -3.03. The quantitative estimate of drug-likeness (QED) is 0.519. The van der Waals surface area contributed by atoms with Crippen molar-refractivity contribution >= 4 is 16.8 Å². The van der Waals surface area contributed by atoms with Crippen LogP contribution in [0.5, 0.6) is 11.5 Å². The van der Waals surface area contributed by atoms with Crippen molar-refractivity contribution in [3.63, 3.8) is 0 Å². The van der Waals surface area contributed by atoms with Gasteiger partial charge >= 0.3 is 0 Å². The highest BCUT2D eigenvalue weighted by Gasteiger charge is 2.28. The summed E-state index contributed by atoms with van der Waals surface area (Å²) in [5.41, 5.74) is 10.1. The van der Waals surface area contributed by atoms with E-state index in [2.05, 4.69) is 45.9 Å². The lowest BCUT2D eigenvalue weighted by molar-refractivity contribution is -0.121. The van der Waals surface area contributed by atoms with Crippen LogP contribution < -0.4 is 25.6 Å². The normalized spacial score (nSPS) is 18.3. The highest BCUT2D eigenvalue weighted by molar-refractivity contribution is 5.83. The van der Waals surface area contributed by atoms with E-state index in [1.165, 1.54) is 11.1 Å². The molecule has 2 unspecified atom stereocenters. The Kier molecular flexibility index (Phi) is 6.44. The fourth-order valence-electron chi connectivity index (χ4n) is 4.19. The van der Waals surface area contributed by atoms with Crippen molar-refractivity contribution in [3.8, 4) is 11.5 Å². The number of methoxy groups -OCH3 is 2. The van der Waals surface area contributed by atoms with Crippen molar-refractivity contribution in [1.82, 2.24) is 20.7 Å². The number of aromatic nitrogens is 1. The van der Waals surface area contributed by atoms with E-state index in [1.807, 2.05) is 30.3 Å². The van der Waals surface area contributed by atoms with Gasteiger partial charge in [0.2, 0.25) is 5.91 Å². The van der Waals surface area contributed by atoms with E-state index in [4.69, 9.17) is 9.47 Å². The Morgan fingerprint density at radius 2 is 1.81 bits per heavy atom. The summed E-state index contributed by atoms with van der Waals surface area (Å²) >= 11 is 0. The van der Waals surface area contributed by atoms with Gasteiger partial charge in [-0.15, -0.1) is 0 Å². The molecule has 164 valence electrons. The summed E-state index contributed by atoms with van der Waals surface area (Å²) in [6.07, 6.45) is 1.82. The number of aryl methyl sites for hydroxylation is 2. The van der Waals surface area contributed by atoms with Crippen molar-refractivity contribution in [1.29, 1.82) is 0 Å². The molecular formula is C24H30N4O3. The van der Waals surface area contributed by atoms with Crippen LogP contribution in [0.3, 0.4) is 0 Å². The Labute approximate surface area is 182 Å². The predicted molar refractivity (Wildman–Crippen MR) is 121 cm³/mol. The number of hydrogen-bond donors (Lipinski definition) is 3. The number of carbonyl (C=O) groups is 1. The van der Waals surface area contributed by atoms with Crippen LogP contribution in [0.2, 0.25) is 0 Å². The molecule has 2 heterocycles. The molecule has 3 N–H and O–H groups in total. The summed E-state index contributed by atoms with van der Waals surface area (Å²) < 4.78 is 12.9. The molecule has 1 aliphatic rings. The number of amides is 1. The maximum atomic E-state index is 12.5. The SMILES string of the molecule is CCn1c(C2CC(NC(=O)CCc3ccc(OC)cc3)NN2)cc2ccc(OC)cc21. The first-order valence-electron chi connectivity index (χ1n) is 10.7. The maximum Gasteiger partial charge on any atom is 0.221 e. The lowest BCUT2D eigenvalue weighted by Gasteiger charge is -2.14. The molecule has 0 radical (unpaired) electrons. The zero-order chi connectivity index (χ0) is 21.8. The Morgan fingerprint density at radius 1 is 1.06 bits per heavy atom. The third kappa shape index (κ3) is 4.68. The zero-order valence-electron chi connectivity index (χ0n) is 18.3. The van der Waals surface area contributed by atoms with Crippen LogP contribution in [0.1, 0.15) is 37.1 Å². The number of hydrazine groups is 1. The van der Waals surface area contributed by atoms with Gasteiger partial charge in [-0.1, -0.05) is 12.1 Å². The number of ether oxygens (including phenoxy) is 2. The maximum absolute atomic E-state index is 12.5. The molecule has 7 nitrogen and oxygen atoms in total. The Bertz CT molecular complexity index is 1040. The summed E-state index contributed by atoms with van der Waals surface area (Å²) in [4.78, 5) is 12.5. The molecule has 3 aromatic rings. The van der Waals surface area contributed by atoms with E-state index in [0.29, 0.717) is 12.8 Å². The van der Waals surface area contributed by atoms with Gasteiger partial charge in [-0.3, -0.25) is 4.79 Å². The van der Waals surface area contributed by atoms with Gasteiger partial charge < -0.3 is 19.4 Å². The number of carbonyl (C=O) groups excluding carboxylic acids is 1. The second-order valence-corrected chi connectivity index (χ2v) is 7.78. The van der Waals surface area contributed by atoms with Crippen LogP contribution in [0, 0.1) is 0 Å². The molecule has 4 rings (SSSR count).